The highest BCUT2D eigenvalue weighted by molar-refractivity contribution is 14.1. The second kappa shape index (κ2) is 7.14. The van der Waals surface area contributed by atoms with E-state index < -0.39 is 0 Å². The SMILES string of the molecule is O=C/C=C/CCCI. The lowest BCUT2D eigenvalue weighted by molar-refractivity contribution is -0.104. The third-order valence-electron chi connectivity index (χ3n) is 0.719. The van der Waals surface area contributed by atoms with Crippen molar-refractivity contribution in [3.8, 4) is 0 Å². The minimum atomic E-state index is 0.813. The molecule has 0 fully saturated rings. The van der Waals surface area contributed by atoms with Gasteiger partial charge in [0.1, 0.15) is 6.29 Å². The van der Waals surface area contributed by atoms with Crippen molar-refractivity contribution in [3.05, 3.63) is 12.2 Å². The largest absolute Gasteiger partial charge is 0.299 e. The highest BCUT2D eigenvalue weighted by atomic mass is 127. The maximum Gasteiger partial charge on any atom is 0.142 e. The second-order valence-corrected chi connectivity index (χ2v) is 2.47. The Hall–Kier alpha value is 0.140. The summed E-state index contributed by atoms with van der Waals surface area (Å²) in [5, 5.41) is 0. The second-order valence-electron chi connectivity index (χ2n) is 1.40. The number of alkyl halides is 1. The van der Waals surface area contributed by atoms with Crippen LogP contribution in [0, 0.1) is 0 Å². The number of halogens is 1. The van der Waals surface area contributed by atoms with Crippen molar-refractivity contribution >= 4 is 28.9 Å². The summed E-state index contributed by atoms with van der Waals surface area (Å²) in [5.41, 5.74) is 0. The van der Waals surface area contributed by atoms with E-state index in [2.05, 4.69) is 22.6 Å². The lowest BCUT2D eigenvalue weighted by Crippen LogP contribution is -1.69. The molecule has 0 N–H and O–H groups in total. The first-order valence-electron chi connectivity index (χ1n) is 2.58. The van der Waals surface area contributed by atoms with Gasteiger partial charge in [0.2, 0.25) is 0 Å². The number of aldehydes is 1. The standard InChI is InChI=1S/C6H9IO/c7-5-3-1-2-4-6-8/h2,4,6H,1,3,5H2/b4-2+. The number of allylic oxidation sites excluding steroid dienone is 2. The molecule has 0 rings (SSSR count). The topological polar surface area (TPSA) is 17.1 Å². The number of carbonyl (C=O) groups is 1. The zero-order chi connectivity index (χ0) is 6.24. The third-order valence-corrected chi connectivity index (χ3v) is 1.48. The van der Waals surface area contributed by atoms with Gasteiger partial charge >= 0.3 is 0 Å². The summed E-state index contributed by atoms with van der Waals surface area (Å²) in [5.74, 6) is 0. The number of hydrogen-bond donors (Lipinski definition) is 0. The Kier molecular flexibility index (Phi) is 7.26. The number of rotatable bonds is 4. The predicted molar refractivity (Wildman–Crippen MR) is 43.3 cm³/mol. The fraction of sp³-hybridized carbons (Fsp3) is 0.500. The first-order valence-corrected chi connectivity index (χ1v) is 4.10. The molecule has 1 nitrogen and oxygen atoms in total. The fourth-order valence-electron chi connectivity index (χ4n) is 0.347. The average molecular weight is 224 g/mol. The number of unbranched alkanes of at least 4 members (excludes halogenated alkanes) is 1. The van der Waals surface area contributed by atoms with Crippen LogP contribution in [0.3, 0.4) is 0 Å². The maximum absolute atomic E-state index is 9.68. The van der Waals surface area contributed by atoms with Crippen LogP contribution in [0.1, 0.15) is 12.8 Å². The summed E-state index contributed by atoms with van der Waals surface area (Å²) in [6, 6.07) is 0. The molecule has 0 saturated heterocycles. The van der Waals surface area contributed by atoms with Crippen molar-refractivity contribution in [2.24, 2.45) is 0 Å². The molecule has 0 aliphatic carbocycles. The van der Waals surface area contributed by atoms with Gasteiger partial charge in [-0.3, -0.25) is 4.79 Å². The maximum atomic E-state index is 9.68. The van der Waals surface area contributed by atoms with Gasteiger partial charge in [-0.15, -0.1) is 0 Å². The van der Waals surface area contributed by atoms with Gasteiger partial charge in [0.25, 0.3) is 0 Å². The Morgan fingerprint density at radius 3 is 2.75 bits per heavy atom. The van der Waals surface area contributed by atoms with Crippen LogP contribution in [-0.2, 0) is 4.79 Å². The molecule has 46 valence electrons. The molecule has 0 amide bonds. The van der Waals surface area contributed by atoms with E-state index in [1.165, 1.54) is 10.8 Å². The summed E-state index contributed by atoms with van der Waals surface area (Å²) >= 11 is 2.32. The van der Waals surface area contributed by atoms with Crippen LogP contribution in [0.4, 0.5) is 0 Å². The molecule has 0 aromatic carbocycles. The van der Waals surface area contributed by atoms with E-state index in [0.29, 0.717) is 0 Å². The molecule has 0 radical (unpaired) electrons. The molecule has 0 aromatic rings. The lowest BCUT2D eigenvalue weighted by atomic mass is 10.3. The molecule has 0 bridgehead atoms. The van der Waals surface area contributed by atoms with Crippen LogP contribution < -0.4 is 0 Å². The van der Waals surface area contributed by atoms with Crippen molar-refractivity contribution < 1.29 is 4.79 Å². The van der Waals surface area contributed by atoms with E-state index in [4.69, 9.17) is 0 Å². The normalized spacial score (nSPS) is 10.1. The van der Waals surface area contributed by atoms with Gasteiger partial charge < -0.3 is 0 Å². The smallest absolute Gasteiger partial charge is 0.142 e. The molecule has 0 saturated carbocycles. The van der Waals surface area contributed by atoms with Crippen molar-refractivity contribution in [2.75, 3.05) is 4.43 Å². The van der Waals surface area contributed by atoms with E-state index >= 15 is 0 Å². The number of carbonyl (C=O) groups excluding carboxylic acids is 1. The molecule has 2 heteroatoms. The van der Waals surface area contributed by atoms with E-state index in [1.807, 2.05) is 6.08 Å². The molecule has 0 aromatic heterocycles. The summed E-state index contributed by atoms with van der Waals surface area (Å²) in [6.07, 6.45) is 6.46. The van der Waals surface area contributed by atoms with Crippen molar-refractivity contribution in [2.45, 2.75) is 12.8 Å². The van der Waals surface area contributed by atoms with E-state index in [9.17, 15) is 4.79 Å². The molecule has 0 unspecified atom stereocenters. The first kappa shape index (κ1) is 8.14. The van der Waals surface area contributed by atoms with Crippen molar-refractivity contribution in [1.82, 2.24) is 0 Å². The molecule has 0 heterocycles. The minimum Gasteiger partial charge on any atom is -0.299 e. The fourth-order valence-corrected chi connectivity index (χ4v) is 0.787. The average Bonchev–Trinajstić information content (AvgIpc) is 1.81. The Morgan fingerprint density at radius 1 is 1.50 bits per heavy atom. The van der Waals surface area contributed by atoms with Gasteiger partial charge in [-0.05, 0) is 23.3 Å². The molecule has 0 atom stereocenters. The highest BCUT2D eigenvalue weighted by Gasteiger charge is 1.75. The van der Waals surface area contributed by atoms with Crippen LogP contribution in [-0.4, -0.2) is 10.7 Å². The molecule has 8 heavy (non-hydrogen) atoms. The Labute approximate surface area is 63.3 Å². The van der Waals surface area contributed by atoms with E-state index in [-0.39, 0.29) is 0 Å². The summed E-state index contributed by atoms with van der Waals surface area (Å²) < 4.78 is 1.17. The van der Waals surface area contributed by atoms with Crippen LogP contribution in [0.2, 0.25) is 0 Å². The minimum absolute atomic E-state index is 0.813. The Balaban J connectivity index is 2.91. The lowest BCUT2D eigenvalue weighted by Gasteiger charge is -1.82. The summed E-state index contributed by atoms with van der Waals surface area (Å²) in [7, 11) is 0. The zero-order valence-corrected chi connectivity index (χ0v) is 6.80. The van der Waals surface area contributed by atoms with Crippen molar-refractivity contribution in [3.63, 3.8) is 0 Å². The van der Waals surface area contributed by atoms with E-state index in [1.54, 1.807) is 6.08 Å². The van der Waals surface area contributed by atoms with Crippen LogP contribution >= 0.6 is 22.6 Å². The van der Waals surface area contributed by atoms with Gasteiger partial charge in [0.05, 0.1) is 0 Å². The van der Waals surface area contributed by atoms with Gasteiger partial charge in [0.15, 0.2) is 0 Å². The Morgan fingerprint density at radius 2 is 2.25 bits per heavy atom. The predicted octanol–water partition coefficient (Wildman–Crippen LogP) is 1.96. The number of hydrogen-bond acceptors (Lipinski definition) is 1. The zero-order valence-electron chi connectivity index (χ0n) is 4.64. The van der Waals surface area contributed by atoms with Gasteiger partial charge in [-0.1, -0.05) is 28.7 Å². The monoisotopic (exact) mass is 224 g/mol. The molecule has 0 aliphatic heterocycles. The summed E-state index contributed by atoms with van der Waals surface area (Å²) in [6.45, 7) is 0. The molecule has 0 aliphatic rings. The van der Waals surface area contributed by atoms with Crippen LogP contribution in [0.15, 0.2) is 12.2 Å². The molecule has 0 spiro atoms. The van der Waals surface area contributed by atoms with Gasteiger partial charge in [-0.25, -0.2) is 0 Å². The first-order chi connectivity index (χ1) is 3.91. The van der Waals surface area contributed by atoms with E-state index in [0.717, 1.165) is 12.7 Å². The quantitative estimate of drug-likeness (QED) is 0.234. The van der Waals surface area contributed by atoms with Gasteiger partial charge in [0, 0.05) is 0 Å². The van der Waals surface area contributed by atoms with Crippen LogP contribution in [0.5, 0.6) is 0 Å². The highest BCUT2D eigenvalue weighted by Crippen LogP contribution is 1.94. The van der Waals surface area contributed by atoms with Gasteiger partial charge in [-0.2, -0.15) is 0 Å². The summed E-state index contributed by atoms with van der Waals surface area (Å²) in [4.78, 5) is 9.68. The molecular formula is C6H9IO. The van der Waals surface area contributed by atoms with Crippen molar-refractivity contribution in [1.29, 1.82) is 0 Å². The van der Waals surface area contributed by atoms with Crippen LogP contribution in [0.25, 0.3) is 0 Å². The Bertz CT molecular complexity index is 78.6. The third kappa shape index (κ3) is 6.14. The molecular weight excluding hydrogens is 215 g/mol.